The van der Waals surface area contributed by atoms with E-state index in [9.17, 15) is 14.4 Å². The Hall–Kier alpha value is -3.21. The van der Waals surface area contributed by atoms with Gasteiger partial charge in [-0.2, -0.15) is 0 Å². The second-order valence-corrected chi connectivity index (χ2v) is 6.43. The summed E-state index contributed by atoms with van der Waals surface area (Å²) in [7, 11) is 0. The standard InChI is InChI=1S/C22H23NO4/c1-15(2)18-9-11-19(12-10-18)21(25)14-27-22(26)20(23-16(3)24)13-17-7-5-4-6-8-17/h4-13,15H,14H2,1-3H3,(H,23,24)/b20-13-. The van der Waals surface area contributed by atoms with Gasteiger partial charge in [0.1, 0.15) is 5.70 Å². The summed E-state index contributed by atoms with van der Waals surface area (Å²) in [6.45, 7) is 5.04. The lowest BCUT2D eigenvalue weighted by atomic mass is 10.0. The van der Waals surface area contributed by atoms with Crippen LogP contribution in [0, 0.1) is 0 Å². The van der Waals surface area contributed by atoms with Crippen LogP contribution in [0.2, 0.25) is 0 Å². The molecule has 0 fully saturated rings. The first-order valence-electron chi connectivity index (χ1n) is 8.71. The molecule has 0 aromatic heterocycles. The zero-order chi connectivity index (χ0) is 19.8. The molecule has 5 nitrogen and oxygen atoms in total. The van der Waals surface area contributed by atoms with E-state index in [4.69, 9.17) is 4.74 Å². The van der Waals surface area contributed by atoms with Crippen LogP contribution in [-0.2, 0) is 14.3 Å². The highest BCUT2D eigenvalue weighted by atomic mass is 16.5. The van der Waals surface area contributed by atoms with Crippen molar-refractivity contribution in [1.82, 2.24) is 5.32 Å². The Kier molecular flexibility index (Phi) is 7.06. The third kappa shape index (κ3) is 6.22. The Morgan fingerprint density at radius 3 is 2.19 bits per heavy atom. The minimum Gasteiger partial charge on any atom is -0.453 e. The van der Waals surface area contributed by atoms with Crippen molar-refractivity contribution < 1.29 is 19.1 Å². The van der Waals surface area contributed by atoms with Crippen molar-refractivity contribution >= 4 is 23.7 Å². The van der Waals surface area contributed by atoms with Gasteiger partial charge in [0.15, 0.2) is 12.4 Å². The van der Waals surface area contributed by atoms with Crippen LogP contribution in [0.4, 0.5) is 0 Å². The molecule has 5 heteroatoms. The van der Waals surface area contributed by atoms with Gasteiger partial charge in [0.25, 0.3) is 0 Å². The molecule has 2 aromatic rings. The third-order valence-electron chi connectivity index (χ3n) is 3.87. The molecule has 0 aliphatic rings. The average Bonchev–Trinajstić information content (AvgIpc) is 2.65. The second kappa shape index (κ2) is 9.48. The summed E-state index contributed by atoms with van der Waals surface area (Å²) in [5.74, 6) is -1.10. The van der Waals surface area contributed by atoms with Crippen molar-refractivity contribution in [3.63, 3.8) is 0 Å². The van der Waals surface area contributed by atoms with E-state index < -0.39 is 18.5 Å². The van der Waals surface area contributed by atoms with E-state index in [-0.39, 0.29) is 11.5 Å². The predicted molar refractivity (Wildman–Crippen MR) is 104 cm³/mol. The molecule has 0 saturated carbocycles. The zero-order valence-corrected chi connectivity index (χ0v) is 15.7. The maximum absolute atomic E-state index is 12.3. The number of carbonyl (C=O) groups is 3. The van der Waals surface area contributed by atoms with E-state index in [2.05, 4.69) is 19.2 Å². The molecule has 0 atom stereocenters. The minimum absolute atomic E-state index is 0.0170. The summed E-state index contributed by atoms with van der Waals surface area (Å²) in [5.41, 5.74) is 2.31. The van der Waals surface area contributed by atoms with Crippen LogP contribution >= 0.6 is 0 Å². The molecule has 0 bridgehead atoms. The molecule has 1 N–H and O–H groups in total. The van der Waals surface area contributed by atoms with Gasteiger partial charge in [-0.1, -0.05) is 68.4 Å². The van der Waals surface area contributed by atoms with E-state index in [0.29, 0.717) is 11.5 Å². The normalized spacial score (nSPS) is 11.2. The van der Waals surface area contributed by atoms with Crippen LogP contribution in [0.3, 0.4) is 0 Å². The van der Waals surface area contributed by atoms with E-state index in [1.54, 1.807) is 24.3 Å². The molecular weight excluding hydrogens is 342 g/mol. The lowest BCUT2D eigenvalue weighted by Crippen LogP contribution is -2.27. The first kappa shape index (κ1) is 20.1. The van der Waals surface area contributed by atoms with Gasteiger partial charge in [0.05, 0.1) is 0 Å². The monoisotopic (exact) mass is 365 g/mol. The van der Waals surface area contributed by atoms with E-state index in [1.807, 2.05) is 30.3 Å². The number of nitrogens with one attached hydrogen (secondary N) is 1. The van der Waals surface area contributed by atoms with Crippen LogP contribution in [0.15, 0.2) is 60.3 Å². The van der Waals surface area contributed by atoms with Gasteiger partial charge in [-0.15, -0.1) is 0 Å². The Balaban J connectivity index is 2.05. The van der Waals surface area contributed by atoms with E-state index >= 15 is 0 Å². The maximum atomic E-state index is 12.3. The number of hydrogen-bond acceptors (Lipinski definition) is 4. The number of hydrogen-bond donors (Lipinski definition) is 1. The van der Waals surface area contributed by atoms with Crippen molar-refractivity contribution in [3.8, 4) is 0 Å². The Morgan fingerprint density at radius 2 is 1.63 bits per heavy atom. The van der Waals surface area contributed by atoms with Gasteiger partial charge in [-0.05, 0) is 23.1 Å². The van der Waals surface area contributed by atoms with Crippen molar-refractivity contribution in [2.75, 3.05) is 6.61 Å². The average molecular weight is 365 g/mol. The molecule has 0 saturated heterocycles. The molecule has 140 valence electrons. The highest BCUT2D eigenvalue weighted by Crippen LogP contribution is 2.15. The number of ketones is 1. The molecule has 2 aromatic carbocycles. The fourth-order valence-corrected chi connectivity index (χ4v) is 2.40. The lowest BCUT2D eigenvalue weighted by Gasteiger charge is -2.09. The van der Waals surface area contributed by atoms with Crippen LogP contribution < -0.4 is 5.32 Å². The van der Waals surface area contributed by atoms with Crippen LogP contribution in [0.25, 0.3) is 6.08 Å². The first-order valence-corrected chi connectivity index (χ1v) is 8.71. The highest BCUT2D eigenvalue weighted by molar-refractivity contribution is 6.01. The van der Waals surface area contributed by atoms with Gasteiger partial charge < -0.3 is 10.1 Å². The van der Waals surface area contributed by atoms with Crippen LogP contribution in [0.1, 0.15) is 48.2 Å². The molecular formula is C22H23NO4. The number of carbonyl (C=O) groups excluding carboxylic acids is 3. The van der Waals surface area contributed by atoms with Crippen molar-refractivity contribution in [1.29, 1.82) is 0 Å². The highest BCUT2D eigenvalue weighted by Gasteiger charge is 2.16. The number of benzene rings is 2. The van der Waals surface area contributed by atoms with Gasteiger partial charge in [-0.3, -0.25) is 9.59 Å². The molecule has 0 aliphatic heterocycles. The molecule has 1 amide bonds. The molecule has 0 unspecified atom stereocenters. The summed E-state index contributed by atoms with van der Waals surface area (Å²) in [4.78, 5) is 35.9. The quantitative estimate of drug-likeness (QED) is 0.461. The lowest BCUT2D eigenvalue weighted by molar-refractivity contribution is -0.139. The van der Waals surface area contributed by atoms with Gasteiger partial charge in [0, 0.05) is 12.5 Å². The molecule has 2 rings (SSSR count). The number of ether oxygens (including phenoxy) is 1. The zero-order valence-electron chi connectivity index (χ0n) is 15.7. The maximum Gasteiger partial charge on any atom is 0.355 e. The fraction of sp³-hybridized carbons (Fsp3) is 0.227. The number of esters is 1. The van der Waals surface area contributed by atoms with Gasteiger partial charge in [0.2, 0.25) is 5.91 Å². The topological polar surface area (TPSA) is 72.5 Å². The van der Waals surface area contributed by atoms with E-state index in [0.717, 1.165) is 11.1 Å². The van der Waals surface area contributed by atoms with E-state index in [1.165, 1.54) is 13.0 Å². The predicted octanol–water partition coefficient (Wildman–Crippen LogP) is 3.71. The van der Waals surface area contributed by atoms with Crippen molar-refractivity contribution in [2.45, 2.75) is 26.7 Å². The van der Waals surface area contributed by atoms with Crippen LogP contribution in [0.5, 0.6) is 0 Å². The Labute approximate surface area is 159 Å². The van der Waals surface area contributed by atoms with Crippen LogP contribution in [-0.4, -0.2) is 24.3 Å². The smallest absolute Gasteiger partial charge is 0.355 e. The summed E-state index contributed by atoms with van der Waals surface area (Å²) in [6, 6.07) is 16.3. The minimum atomic E-state index is -0.763. The first-order chi connectivity index (χ1) is 12.9. The largest absolute Gasteiger partial charge is 0.453 e. The van der Waals surface area contributed by atoms with Gasteiger partial charge >= 0.3 is 5.97 Å². The Bertz CT molecular complexity index is 836. The Morgan fingerprint density at radius 1 is 1.00 bits per heavy atom. The van der Waals surface area contributed by atoms with Gasteiger partial charge in [-0.25, -0.2) is 4.79 Å². The molecule has 0 heterocycles. The summed E-state index contributed by atoms with van der Waals surface area (Å²) in [5, 5.41) is 2.45. The third-order valence-corrected chi connectivity index (χ3v) is 3.87. The fourth-order valence-electron chi connectivity index (χ4n) is 2.40. The number of Topliss-reactive ketones (excluding diaryl/α,β-unsaturated/α-hetero) is 1. The second-order valence-electron chi connectivity index (χ2n) is 6.43. The summed E-state index contributed by atoms with van der Waals surface area (Å²) >= 11 is 0. The number of amides is 1. The van der Waals surface area contributed by atoms with Crippen molar-refractivity contribution in [3.05, 3.63) is 77.0 Å². The number of rotatable bonds is 7. The molecule has 27 heavy (non-hydrogen) atoms. The summed E-state index contributed by atoms with van der Waals surface area (Å²) in [6.07, 6.45) is 1.51. The van der Waals surface area contributed by atoms with Crippen molar-refractivity contribution in [2.24, 2.45) is 0 Å². The molecule has 0 aliphatic carbocycles. The molecule has 0 spiro atoms. The molecule has 0 radical (unpaired) electrons. The summed E-state index contributed by atoms with van der Waals surface area (Å²) < 4.78 is 5.10. The SMILES string of the molecule is CC(=O)N/C(=C\c1ccccc1)C(=O)OCC(=O)c1ccc(C(C)C)cc1.